The van der Waals surface area contributed by atoms with Crippen molar-refractivity contribution in [2.45, 2.75) is 56.1 Å². The van der Waals surface area contributed by atoms with E-state index in [1.807, 2.05) is 24.3 Å². The van der Waals surface area contributed by atoms with Gasteiger partial charge in [-0.25, -0.2) is 13.1 Å². The number of aryl methyl sites for hydroxylation is 1. The highest BCUT2D eigenvalue weighted by molar-refractivity contribution is 7.89. The predicted octanol–water partition coefficient (Wildman–Crippen LogP) is 2.79. The monoisotopic (exact) mass is 499 g/mol. The van der Waals surface area contributed by atoms with Crippen molar-refractivity contribution in [2.75, 3.05) is 13.7 Å². The van der Waals surface area contributed by atoms with E-state index in [0.717, 1.165) is 24.0 Å². The Kier molecular flexibility index (Phi) is 9.06. The van der Waals surface area contributed by atoms with Crippen LogP contribution >= 0.6 is 0 Å². The number of carbonyl (C=O) groups is 2. The van der Waals surface area contributed by atoms with E-state index >= 15 is 0 Å². The molecule has 0 bridgehead atoms. The third-order valence-electron chi connectivity index (χ3n) is 5.86. The van der Waals surface area contributed by atoms with Gasteiger partial charge in [-0.05, 0) is 61.6 Å². The van der Waals surface area contributed by atoms with Gasteiger partial charge in [0.1, 0.15) is 11.8 Å². The zero-order chi connectivity index (χ0) is 25.4. The Morgan fingerprint density at radius 1 is 1.11 bits per heavy atom. The second kappa shape index (κ2) is 12.0. The molecule has 0 heterocycles. The number of hydrogen-bond acceptors (Lipinski definition) is 5. The molecule has 1 atom stereocenters. The van der Waals surface area contributed by atoms with Crippen molar-refractivity contribution < 1.29 is 22.7 Å². The summed E-state index contributed by atoms with van der Waals surface area (Å²) in [6.45, 7) is 5.90. The van der Waals surface area contributed by atoms with Crippen LogP contribution in [-0.4, -0.2) is 50.9 Å². The van der Waals surface area contributed by atoms with Crippen LogP contribution in [0.2, 0.25) is 0 Å². The summed E-state index contributed by atoms with van der Waals surface area (Å²) in [6.07, 6.45) is 3.94. The van der Waals surface area contributed by atoms with Crippen molar-refractivity contribution in [3.63, 3.8) is 0 Å². The van der Waals surface area contributed by atoms with Gasteiger partial charge in [-0.2, -0.15) is 0 Å². The Morgan fingerprint density at radius 2 is 1.74 bits per heavy atom. The van der Waals surface area contributed by atoms with E-state index in [2.05, 4.69) is 16.6 Å². The number of ether oxygens (including phenoxy) is 1. The van der Waals surface area contributed by atoms with E-state index in [4.69, 9.17) is 4.74 Å². The number of amides is 2. The molecule has 9 heteroatoms. The topological polar surface area (TPSA) is 105 Å². The third kappa shape index (κ3) is 7.66. The fourth-order valence-electron chi connectivity index (χ4n) is 3.55. The zero-order valence-corrected chi connectivity index (χ0v) is 21.0. The Bertz CT molecular complexity index is 1130. The van der Waals surface area contributed by atoms with E-state index in [9.17, 15) is 18.0 Å². The quantitative estimate of drug-likeness (QED) is 0.413. The number of hydrogen-bond donors (Lipinski definition) is 2. The van der Waals surface area contributed by atoms with Gasteiger partial charge in [0, 0.05) is 25.6 Å². The minimum atomic E-state index is -3.51. The fourth-order valence-corrected chi connectivity index (χ4v) is 4.85. The number of rotatable bonds is 13. The fraction of sp³-hybridized carbons (Fsp3) is 0.385. The maximum absolute atomic E-state index is 13.2. The minimum Gasteiger partial charge on any atom is -0.497 e. The molecule has 0 unspecified atom stereocenters. The molecule has 2 aromatic rings. The lowest BCUT2D eigenvalue weighted by Gasteiger charge is -2.29. The average Bonchev–Trinajstić information content (AvgIpc) is 3.67. The van der Waals surface area contributed by atoms with Crippen molar-refractivity contribution in [3.8, 4) is 5.75 Å². The Hall–Kier alpha value is -3.17. The molecule has 0 aliphatic heterocycles. The molecule has 2 amide bonds. The van der Waals surface area contributed by atoms with Gasteiger partial charge in [-0.15, -0.1) is 6.58 Å². The summed E-state index contributed by atoms with van der Waals surface area (Å²) in [7, 11) is -1.93. The van der Waals surface area contributed by atoms with Gasteiger partial charge in [0.05, 0.1) is 12.0 Å². The molecule has 1 aliphatic rings. The van der Waals surface area contributed by atoms with Crippen LogP contribution < -0.4 is 14.8 Å². The maximum atomic E-state index is 13.2. The summed E-state index contributed by atoms with van der Waals surface area (Å²) in [5.74, 6) is 0.278. The molecular formula is C26H33N3O5S. The van der Waals surface area contributed by atoms with E-state index < -0.39 is 16.1 Å². The smallest absolute Gasteiger partial charge is 0.242 e. The maximum Gasteiger partial charge on any atom is 0.242 e. The molecule has 35 heavy (non-hydrogen) atoms. The summed E-state index contributed by atoms with van der Waals surface area (Å²) in [5.41, 5.74) is 1.72. The summed E-state index contributed by atoms with van der Waals surface area (Å²) < 4.78 is 32.6. The van der Waals surface area contributed by atoms with Gasteiger partial charge in [-0.3, -0.25) is 9.59 Å². The van der Waals surface area contributed by atoms with E-state index in [-0.39, 0.29) is 35.7 Å². The molecule has 8 nitrogen and oxygen atoms in total. The normalized spacial score (nSPS) is 14.1. The molecule has 1 fully saturated rings. The standard InChI is InChI=1S/C26H33N3O5S/c1-4-17-27-26(31)19(2)29(18-21-5-12-23(34-3)13-6-21)25(30)16-9-20-7-14-24(15-8-20)35(32,33)28-22-10-11-22/h4-8,12-15,19,22,28H,1,9-11,16-18H2,2-3H3,(H,27,31)/t19-/m1/s1. The Labute approximate surface area is 207 Å². The van der Waals surface area contributed by atoms with E-state index in [0.29, 0.717) is 18.7 Å². The van der Waals surface area contributed by atoms with E-state index in [1.54, 1.807) is 49.3 Å². The van der Waals surface area contributed by atoms with Crippen molar-refractivity contribution in [1.82, 2.24) is 14.9 Å². The second-order valence-electron chi connectivity index (χ2n) is 8.62. The first-order valence-electron chi connectivity index (χ1n) is 11.7. The van der Waals surface area contributed by atoms with Crippen LogP contribution in [0.15, 0.2) is 66.1 Å². The summed E-state index contributed by atoms with van der Waals surface area (Å²) in [5, 5.41) is 2.75. The summed E-state index contributed by atoms with van der Waals surface area (Å²) in [6, 6.07) is 13.3. The first-order chi connectivity index (χ1) is 16.7. The second-order valence-corrected chi connectivity index (χ2v) is 10.3. The number of methoxy groups -OCH3 is 1. The first-order valence-corrected chi connectivity index (χ1v) is 13.1. The summed E-state index contributed by atoms with van der Waals surface area (Å²) in [4.78, 5) is 27.6. The first kappa shape index (κ1) is 26.4. The molecule has 0 saturated heterocycles. The predicted molar refractivity (Wildman–Crippen MR) is 134 cm³/mol. The molecule has 0 radical (unpaired) electrons. The van der Waals surface area contributed by atoms with Gasteiger partial charge in [-0.1, -0.05) is 30.3 Å². The molecule has 0 spiro atoms. The van der Waals surface area contributed by atoms with Gasteiger partial charge < -0.3 is 15.0 Å². The van der Waals surface area contributed by atoms with Crippen LogP contribution in [-0.2, 0) is 32.6 Å². The molecule has 3 rings (SSSR count). The Morgan fingerprint density at radius 3 is 2.31 bits per heavy atom. The lowest BCUT2D eigenvalue weighted by molar-refractivity contribution is -0.140. The minimum absolute atomic E-state index is 0.0413. The summed E-state index contributed by atoms with van der Waals surface area (Å²) >= 11 is 0. The van der Waals surface area contributed by atoms with Crippen LogP contribution in [0.5, 0.6) is 5.75 Å². The van der Waals surface area contributed by atoms with Crippen LogP contribution in [0.3, 0.4) is 0 Å². The highest BCUT2D eigenvalue weighted by Gasteiger charge is 2.28. The molecular weight excluding hydrogens is 466 g/mol. The van der Waals surface area contributed by atoms with Crippen molar-refractivity contribution in [3.05, 3.63) is 72.3 Å². The van der Waals surface area contributed by atoms with Gasteiger partial charge in [0.15, 0.2) is 0 Å². The van der Waals surface area contributed by atoms with Crippen LogP contribution in [0.1, 0.15) is 37.3 Å². The Balaban J connectivity index is 1.67. The molecule has 0 aromatic heterocycles. The van der Waals surface area contributed by atoms with Crippen LogP contribution in [0, 0.1) is 0 Å². The molecule has 188 valence electrons. The average molecular weight is 500 g/mol. The largest absolute Gasteiger partial charge is 0.497 e. The number of sulfonamides is 1. The van der Waals surface area contributed by atoms with Gasteiger partial charge >= 0.3 is 0 Å². The SMILES string of the molecule is C=CCNC(=O)[C@@H](C)N(Cc1ccc(OC)cc1)C(=O)CCc1ccc(S(=O)(=O)NC2CC2)cc1. The van der Waals surface area contributed by atoms with Crippen molar-refractivity contribution in [2.24, 2.45) is 0 Å². The molecule has 2 N–H and O–H groups in total. The number of nitrogens with one attached hydrogen (secondary N) is 2. The third-order valence-corrected chi connectivity index (χ3v) is 7.40. The van der Waals surface area contributed by atoms with E-state index in [1.165, 1.54) is 0 Å². The lowest BCUT2D eigenvalue weighted by atomic mass is 10.1. The highest BCUT2D eigenvalue weighted by Crippen LogP contribution is 2.22. The number of benzene rings is 2. The van der Waals surface area contributed by atoms with Crippen LogP contribution in [0.25, 0.3) is 0 Å². The number of carbonyl (C=O) groups excluding carboxylic acids is 2. The van der Waals surface area contributed by atoms with Crippen LogP contribution in [0.4, 0.5) is 0 Å². The number of nitrogens with zero attached hydrogens (tertiary/aromatic N) is 1. The van der Waals surface area contributed by atoms with Gasteiger partial charge in [0.25, 0.3) is 0 Å². The van der Waals surface area contributed by atoms with Gasteiger partial charge in [0.2, 0.25) is 21.8 Å². The molecule has 1 saturated carbocycles. The molecule has 1 aliphatic carbocycles. The molecule has 2 aromatic carbocycles. The van der Waals surface area contributed by atoms with Crippen molar-refractivity contribution in [1.29, 1.82) is 0 Å². The van der Waals surface area contributed by atoms with Crippen molar-refractivity contribution >= 4 is 21.8 Å². The zero-order valence-electron chi connectivity index (χ0n) is 20.2. The lowest BCUT2D eigenvalue weighted by Crippen LogP contribution is -2.47. The highest BCUT2D eigenvalue weighted by atomic mass is 32.2.